The molecule has 0 amide bonds. The fraction of sp³-hybridized carbons (Fsp3) is 0.667. The van der Waals surface area contributed by atoms with Crippen molar-refractivity contribution >= 4 is 0 Å². The van der Waals surface area contributed by atoms with Crippen molar-refractivity contribution in [1.29, 1.82) is 0 Å². The maximum absolute atomic E-state index is 14.0. The summed E-state index contributed by atoms with van der Waals surface area (Å²) in [6, 6.07) is 2.32. The van der Waals surface area contributed by atoms with Gasteiger partial charge in [0.05, 0.1) is 0 Å². The van der Waals surface area contributed by atoms with E-state index < -0.39 is 24.0 Å². The first-order chi connectivity index (χ1) is 14.0. The first kappa shape index (κ1) is 22.2. The van der Waals surface area contributed by atoms with E-state index in [1.807, 2.05) is 6.08 Å². The Morgan fingerprint density at radius 1 is 0.862 bits per heavy atom. The van der Waals surface area contributed by atoms with Crippen LogP contribution in [0, 0.1) is 29.4 Å². The van der Waals surface area contributed by atoms with Crippen LogP contribution in [0.4, 0.5) is 17.6 Å². The van der Waals surface area contributed by atoms with Crippen molar-refractivity contribution < 1.29 is 22.3 Å². The zero-order valence-electron chi connectivity index (χ0n) is 17.0. The monoisotopic (exact) mass is 412 g/mol. The normalized spacial score (nSPS) is 27.8. The van der Waals surface area contributed by atoms with Gasteiger partial charge in [0, 0.05) is 0 Å². The number of allylic oxidation sites excluding steroid dienone is 1. The van der Waals surface area contributed by atoms with E-state index in [1.54, 1.807) is 0 Å². The fourth-order valence-electron chi connectivity index (χ4n) is 5.26. The van der Waals surface area contributed by atoms with Gasteiger partial charge in [0.1, 0.15) is 0 Å². The Morgan fingerprint density at radius 3 is 1.83 bits per heavy atom. The highest BCUT2D eigenvalue weighted by Gasteiger charge is 2.27. The van der Waals surface area contributed by atoms with Crippen LogP contribution in [0.5, 0.6) is 5.75 Å². The molecule has 0 radical (unpaired) electrons. The summed E-state index contributed by atoms with van der Waals surface area (Å²) in [5.41, 5.74) is 0.556. The van der Waals surface area contributed by atoms with Crippen molar-refractivity contribution in [2.75, 3.05) is 0 Å². The van der Waals surface area contributed by atoms with Crippen LogP contribution in [-0.4, -0.2) is 6.61 Å². The fourth-order valence-corrected chi connectivity index (χ4v) is 5.26. The van der Waals surface area contributed by atoms with Gasteiger partial charge >= 0.3 is 6.61 Å². The number of alkyl halides is 2. The summed E-state index contributed by atoms with van der Waals surface area (Å²) in [5, 5.41) is 0. The number of ether oxygens (including phenoxy) is 1. The molecule has 0 saturated heterocycles. The average molecular weight is 413 g/mol. The minimum Gasteiger partial charge on any atom is -0.429 e. The molecule has 1 aromatic rings. The van der Waals surface area contributed by atoms with Crippen LogP contribution in [0.15, 0.2) is 24.8 Å². The lowest BCUT2D eigenvalue weighted by atomic mass is 9.74. The molecule has 2 aliphatic carbocycles. The van der Waals surface area contributed by atoms with Gasteiger partial charge in [0.15, 0.2) is 17.4 Å². The molecule has 0 heterocycles. The summed E-state index contributed by atoms with van der Waals surface area (Å²) >= 11 is 0. The lowest BCUT2D eigenvalue weighted by Crippen LogP contribution is -2.18. The van der Waals surface area contributed by atoms with E-state index in [4.69, 9.17) is 0 Å². The molecule has 2 fully saturated rings. The molecule has 3 rings (SSSR count). The smallest absolute Gasteiger partial charge is 0.387 e. The van der Waals surface area contributed by atoms with E-state index in [0.29, 0.717) is 11.5 Å². The van der Waals surface area contributed by atoms with Crippen LogP contribution in [0.3, 0.4) is 0 Å². The third-order valence-electron chi connectivity index (χ3n) is 7.00. The predicted molar refractivity (Wildman–Crippen MR) is 107 cm³/mol. The molecular weight excluding hydrogens is 380 g/mol. The zero-order valence-corrected chi connectivity index (χ0v) is 17.0. The molecule has 0 aromatic heterocycles. The van der Waals surface area contributed by atoms with Crippen molar-refractivity contribution in [1.82, 2.24) is 0 Å². The van der Waals surface area contributed by atoms with Crippen molar-refractivity contribution in [3.63, 3.8) is 0 Å². The maximum atomic E-state index is 14.0. The molecule has 0 spiro atoms. The van der Waals surface area contributed by atoms with Gasteiger partial charge in [-0.25, -0.2) is 8.78 Å². The molecule has 1 aromatic carbocycles. The van der Waals surface area contributed by atoms with E-state index in [1.165, 1.54) is 38.5 Å². The van der Waals surface area contributed by atoms with Gasteiger partial charge in [-0.3, -0.25) is 0 Å². The number of hydrogen-bond acceptors (Lipinski definition) is 1. The first-order valence-corrected chi connectivity index (χ1v) is 11.0. The van der Waals surface area contributed by atoms with Gasteiger partial charge in [0.2, 0.25) is 0 Å². The lowest BCUT2D eigenvalue weighted by Gasteiger charge is -2.32. The first-order valence-electron chi connectivity index (χ1n) is 11.0. The zero-order chi connectivity index (χ0) is 20.8. The predicted octanol–water partition coefficient (Wildman–Crippen LogP) is 8.00. The molecule has 1 nitrogen and oxygen atoms in total. The molecule has 29 heavy (non-hydrogen) atoms. The highest BCUT2D eigenvalue weighted by molar-refractivity contribution is 5.33. The van der Waals surface area contributed by atoms with Gasteiger partial charge in [-0.2, -0.15) is 8.78 Å². The number of rotatable bonds is 8. The largest absolute Gasteiger partial charge is 0.429 e. The third-order valence-corrected chi connectivity index (χ3v) is 7.00. The van der Waals surface area contributed by atoms with Crippen molar-refractivity contribution in [3.8, 4) is 5.75 Å². The molecular formula is C24H32F4O. The highest BCUT2D eigenvalue weighted by Crippen LogP contribution is 2.41. The summed E-state index contributed by atoms with van der Waals surface area (Å²) in [4.78, 5) is 0. The van der Waals surface area contributed by atoms with Crippen LogP contribution in [0.2, 0.25) is 0 Å². The Kier molecular flexibility index (Phi) is 8.02. The number of hydrogen-bond donors (Lipinski definition) is 0. The van der Waals surface area contributed by atoms with Gasteiger partial charge in [-0.05, 0) is 86.3 Å². The van der Waals surface area contributed by atoms with Gasteiger partial charge < -0.3 is 4.74 Å². The van der Waals surface area contributed by atoms with Gasteiger partial charge in [-0.15, -0.1) is 6.58 Å². The Labute approximate surface area is 171 Å². The second-order valence-electron chi connectivity index (χ2n) is 8.90. The average Bonchev–Trinajstić information content (AvgIpc) is 2.70. The number of halogens is 4. The summed E-state index contributed by atoms with van der Waals surface area (Å²) in [6.07, 6.45) is 15.0. The van der Waals surface area contributed by atoms with E-state index in [-0.39, 0.29) is 5.92 Å². The second kappa shape index (κ2) is 10.5. The van der Waals surface area contributed by atoms with Crippen molar-refractivity contribution in [3.05, 3.63) is 42.0 Å². The molecule has 2 aliphatic rings. The SMILES string of the molecule is C=CC[C@H]1CC[C@H](CC[C@H]2CC[C@H](c3cc(F)c(OC(F)F)c(F)c3)CC2)CC1. The van der Waals surface area contributed by atoms with E-state index in [9.17, 15) is 17.6 Å². The summed E-state index contributed by atoms with van der Waals surface area (Å²) in [5.74, 6) is -0.625. The van der Waals surface area contributed by atoms with Crippen LogP contribution in [0.25, 0.3) is 0 Å². The topological polar surface area (TPSA) is 9.23 Å². The van der Waals surface area contributed by atoms with Crippen molar-refractivity contribution in [2.24, 2.45) is 17.8 Å². The molecule has 0 aliphatic heterocycles. The minimum atomic E-state index is -3.24. The molecule has 162 valence electrons. The van der Waals surface area contributed by atoms with Gasteiger partial charge in [-0.1, -0.05) is 31.8 Å². The van der Waals surface area contributed by atoms with E-state index in [0.717, 1.165) is 56.1 Å². The molecule has 2 saturated carbocycles. The second-order valence-corrected chi connectivity index (χ2v) is 8.90. The van der Waals surface area contributed by atoms with Crippen LogP contribution < -0.4 is 4.74 Å². The van der Waals surface area contributed by atoms with E-state index >= 15 is 0 Å². The molecule has 0 atom stereocenters. The van der Waals surface area contributed by atoms with Crippen LogP contribution in [-0.2, 0) is 0 Å². The Bertz CT molecular complexity index is 636. The Morgan fingerprint density at radius 2 is 1.34 bits per heavy atom. The van der Waals surface area contributed by atoms with Gasteiger partial charge in [0.25, 0.3) is 0 Å². The van der Waals surface area contributed by atoms with Crippen LogP contribution >= 0.6 is 0 Å². The Hall–Kier alpha value is -1.52. The molecule has 0 unspecified atom stereocenters. The number of benzene rings is 1. The molecule has 5 heteroatoms. The minimum absolute atomic E-state index is 0.0881. The summed E-state index contributed by atoms with van der Waals surface area (Å²) in [6.45, 7) is 0.608. The van der Waals surface area contributed by atoms with Crippen molar-refractivity contribution in [2.45, 2.75) is 83.2 Å². The van der Waals surface area contributed by atoms with Crippen LogP contribution in [0.1, 0.15) is 82.1 Å². The molecule has 0 bridgehead atoms. The summed E-state index contributed by atoms with van der Waals surface area (Å²) in [7, 11) is 0. The Balaban J connectivity index is 1.44. The quantitative estimate of drug-likeness (QED) is 0.310. The lowest BCUT2D eigenvalue weighted by molar-refractivity contribution is -0.0546. The molecule has 0 N–H and O–H groups in total. The maximum Gasteiger partial charge on any atom is 0.387 e. The summed E-state index contributed by atoms with van der Waals surface area (Å²) < 4.78 is 56.5. The standard InChI is InChI=1S/C24H32F4O/c1-2-3-16-4-6-17(7-5-16)8-9-18-10-12-19(13-11-18)20-14-21(25)23(22(26)15-20)29-24(27)28/h2,14-19,24H,1,3-13H2/t16-,17-,18-,19-. The third kappa shape index (κ3) is 6.23. The van der Waals surface area contributed by atoms with E-state index in [2.05, 4.69) is 11.3 Å². The highest BCUT2D eigenvalue weighted by atomic mass is 19.3.